The van der Waals surface area contributed by atoms with E-state index >= 15 is 0 Å². The van der Waals surface area contributed by atoms with Gasteiger partial charge in [-0.3, -0.25) is 0 Å². The standard InChI is InChI=1S/C10H5F3N2O4/c11-10(12,13)19-8-4-14-5(3-15-8)6-1-2-7(18-6)9(16)17/h1-4H,(H,16,17). The average molecular weight is 274 g/mol. The highest BCUT2D eigenvalue weighted by molar-refractivity contribution is 5.85. The van der Waals surface area contributed by atoms with Crippen molar-refractivity contribution in [3.8, 4) is 17.3 Å². The van der Waals surface area contributed by atoms with Crippen LogP contribution < -0.4 is 4.74 Å². The van der Waals surface area contributed by atoms with Crippen LogP contribution in [0, 0.1) is 0 Å². The lowest BCUT2D eigenvalue weighted by Crippen LogP contribution is -2.18. The molecule has 2 rings (SSSR count). The minimum atomic E-state index is -4.85. The summed E-state index contributed by atoms with van der Waals surface area (Å²) in [6.45, 7) is 0. The van der Waals surface area contributed by atoms with Crippen molar-refractivity contribution in [1.29, 1.82) is 0 Å². The van der Waals surface area contributed by atoms with Gasteiger partial charge in [-0.25, -0.2) is 14.8 Å². The Labute approximate surface area is 103 Å². The maximum absolute atomic E-state index is 11.9. The van der Waals surface area contributed by atoms with Gasteiger partial charge in [-0.05, 0) is 12.1 Å². The Balaban J connectivity index is 2.20. The number of nitrogens with zero attached hydrogens (tertiary/aromatic N) is 2. The molecular formula is C10H5F3N2O4. The van der Waals surface area contributed by atoms with E-state index in [-0.39, 0.29) is 17.2 Å². The Morgan fingerprint density at radius 3 is 2.47 bits per heavy atom. The molecule has 0 amide bonds. The van der Waals surface area contributed by atoms with Crippen LogP contribution in [-0.4, -0.2) is 27.4 Å². The van der Waals surface area contributed by atoms with Crippen LogP contribution in [0.15, 0.2) is 28.9 Å². The third kappa shape index (κ3) is 3.21. The van der Waals surface area contributed by atoms with Crippen LogP contribution in [0.1, 0.15) is 10.6 Å². The van der Waals surface area contributed by atoms with Crippen LogP contribution in [0.5, 0.6) is 5.88 Å². The first-order chi connectivity index (χ1) is 8.85. The van der Waals surface area contributed by atoms with Gasteiger partial charge in [0.25, 0.3) is 0 Å². The van der Waals surface area contributed by atoms with Crippen molar-refractivity contribution in [3.63, 3.8) is 0 Å². The first-order valence-corrected chi connectivity index (χ1v) is 4.76. The summed E-state index contributed by atoms with van der Waals surface area (Å²) in [7, 11) is 0. The molecule has 6 nitrogen and oxygen atoms in total. The summed E-state index contributed by atoms with van der Waals surface area (Å²) in [6.07, 6.45) is -3.12. The summed E-state index contributed by atoms with van der Waals surface area (Å²) >= 11 is 0. The average Bonchev–Trinajstić information content (AvgIpc) is 2.77. The number of carboxylic acid groups (broad SMARTS) is 1. The maximum Gasteiger partial charge on any atom is 0.574 e. The van der Waals surface area contributed by atoms with Crippen LogP contribution in [0.2, 0.25) is 0 Å². The summed E-state index contributed by atoms with van der Waals surface area (Å²) in [5.41, 5.74) is 0.0852. The number of carboxylic acids is 1. The topological polar surface area (TPSA) is 85.5 Å². The molecule has 0 saturated carbocycles. The summed E-state index contributed by atoms with van der Waals surface area (Å²) in [6, 6.07) is 2.51. The normalized spacial score (nSPS) is 11.3. The number of alkyl halides is 3. The predicted octanol–water partition coefficient (Wildman–Crippen LogP) is 2.33. The SMILES string of the molecule is O=C(O)c1ccc(-c2cnc(OC(F)(F)F)cn2)o1. The van der Waals surface area contributed by atoms with E-state index in [0.717, 1.165) is 12.4 Å². The Morgan fingerprint density at radius 1 is 1.26 bits per heavy atom. The molecule has 2 aromatic rings. The molecular weight excluding hydrogens is 269 g/mol. The third-order valence-corrected chi connectivity index (χ3v) is 1.92. The van der Waals surface area contributed by atoms with E-state index in [9.17, 15) is 18.0 Å². The molecule has 19 heavy (non-hydrogen) atoms. The Morgan fingerprint density at radius 2 is 2.00 bits per heavy atom. The molecule has 2 heterocycles. The molecule has 0 bridgehead atoms. The molecule has 2 aromatic heterocycles. The Bertz CT molecular complexity index is 592. The zero-order valence-electron chi connectivity index (χ0n) is 9.01. The van der Waals surface area contributed by atoms with E-state index < -0.39 is 18.2 Å². The fraction of sp³-hybridized carbons (Fsp3) is 0.100. The van der Waals surface area contributed by atoms with Gasteiger partial charge >= 0.3 is 12.3 Å². The fourth-order valence-electron chi connectivity index (χ4n) is 1.21. The number of furan rings is 1. The first-order valence-electron chi connectivity index (χ1n) is 4.76. The van der Waals surface area contributed by atoms with Crippen molar-refractivity contribution in [2.75, 3.05) is 0 Å². The van der Waals surface area contributed by atoms with Crippen molar-refractivity contribution >= 4 is 5.97 Å². The lowest BCUT2D eigenvalue weighted by molar-refractivity contribution is -0.276. The molecule has 0 fully saturated rings. The van der Waals surface area contributed by atoms with E-state index in [0.29, 0.717) is 0 Å². The van der Waals surface area contributed by atoms with Gasteiger partial charge < -0.3 is 14.3 Å². The molecule has 0 saturated heterocycles. The van der Waals surface area contributed by atoms with Crippen molar-refractivity contribution in [2.45, 2.75) is 6.36 Å². The molecule has 0 atom stereocenters. The second kappa shape index (κ2) is 4.59. The number of halogens is 3. The van der Waals surface area contributed by atoms with E-state index in [1.165, 1.54) is 12.1 Å². The van der Waals surface area contributed by atoms with Gasteiger partial charge in [0.2, 0.25) is 11.6 Å². The highest BCUT2D eigenvalue weighted by Crippen LogP contribution is 2.23. The number of aromatic carboxylic acids is 1. The summed E-state index contributed by atoms with van der Waals surface area (Å²) < 4.78 is 44.1. The largest absolute Gasteiger partial charge is 0.574 e. The molecule has 9 heteroatoms. The van der Waals surface area contributed by atoms with Crippen molar-refractivity contribution in [2.24, 2.45) is 0 Å². The third-order valence-electron chi connectivity index (χ3n) is 1.92. The monoisotopic (exact) mass is 274 g/mol. The second-order valence-corrected chi connectivity index (χ2v) is 3.26. The van der Waals surface area contributed by atoms with Gasteiger partial charge in [-0.2, -0.15) is 0 Å². The van der Waals surface area contributed by atoms with Gasteiger partial charge in [-0.1, -0.05) is 0 Å². The molecule has 1 N–H and O–H groups in total. The lowest BCUT2D eigenvalue weighted by Gasteiger charge is -2.06. The fourth-order valence-corrected chi connectivity index (χ4v) is 1.21. The van der Waals surface area contributed by atoms with E-state index in [2.05, 4.69) is 14.7 Å². The summed E-state index contributed by atoms with van der Waals surface area (Å²) in [4.78, 5) is 17.6. The summed E-state index contributed by atoms with van der Waals surface area (Å²) in [5, 5.41) is 8.64. The predicted molar refractivity (Wildman–Crippen MR) is 53.4 cm³/mol. The van der Waals surface area contributed by atoms with Gasteiger partial charge in [-0.15, -0.1) is 13.2 Å². The zero-order valence-corrected chi connectivity index (χ0v) is 9.01. The number of ether oxygens (including phenoxy) is 1. The summed E-state index contributed by atoms with van der Waals surface area (Å²) in [5.74, 6) is -2.23. The quantitative estimate of drug-likeness (QED) is 0.924. The zero-order chi connectivity index (χ0) is 14.0. The van der Waals surface area contributed by atoms with Crippen molar-refractivity contribution < 1.29 is 32.2 Å². The number of rotatable bonds is 3. The molecule has 0 aliphatic carbocycles. The molecule has 0 radical (unpaired) electrons. The lowest BCUT2D eigenvalue weighted by atomic mass is 10.3. The Kier molecular flexibility index (Phi) is 3.11. The molecule has 0 aliphatic rings. The van der Waals surface area contributed by atoms with Crippen molar-refractivity contribution in [1.82, 2.24) is 9.97 Å². The van der Waals surface area contributed by atoms with Gasteiger partial charge in [0.1, 0.15) is 5.69 Å². The highest BCUT2D eigenvalue weighted by Gasteiger charge is 2.31. The smallest absolute Gasteiger partial charge is 0.475 e. The first kappa shape index (κ1) is 12.9. The number of hydrogen-bond acceptors (Lipinski definition) is 5. The van der Waals surface area contributed by atoms with Crippen LogP contribution >= 0.6 is 0 Å². The second-order valence-electron chi connectivity index (χ2n) is 3.26. The maximum atomic E-state index is 11.9. The molecule has 0 unspecified atom stereocenters. The molecule has 0 spiro atoms. The van der Waals surface area contributed by atoms with E-state index in [1.807, 2.05) is 0 Å². The van der Waals surface area contributed by atoms with Crippen LogP contribution in [0.3, 0.4) is 0 Å². The van der Waals surface area contributed by atoms with Crippen LogP contribution in [0.25, 0.3) is 11.5 Å². The van der Waals surface area contributed by atoms with E-state index in [1.54, 1.807) is 0 Å². The number of hydrogen-bond donors (Lipinski definition) is 1. The molecule has 100 valence electrons. The minimum Gasteiger partial charge on any atom is -0.475 e. The molecule has 0 aromatic carbocycles. The minimum absolute atomic E-state index is 0.0726. The van der Waals surface area contributed by atoms with Gasteiger partial charge in [0.05, 0.1) is 12.4 Å². The molecule has 0 aliphatic heterocycles. The van der Waals surface area contributed by atoms with E-state index in [4.69, 9.17) is 9.52 Å². The van der Waals surface area contributed by atoms with Crippen LogP contribution in [0.4, 0.5) is 13.2 Å². The van der Waals surface area contributed by atoms with Gasteiger partial charge in [0.15, 0.2) is 5.76 Å². The Hall–Kier alpha value is -2.58. The number of carbonyl (C=O) groups is 1. The van der Waals surface area contributed by atoms with Crippen molar-refractivity contribution in [3.05, 3.63) is 30.3 Å². The van der Waals surface area contributed by atoms with Gasteiger partial charge in [0, 0.05) is 0 Å². The van der Waals surface area contributed by atoms with Crippen LogP contribution in [-0.2, 0) is 0 Å². The number of aromatic nitrogens is 2. The highest BCUT2D eigenvalue weighted by atomic mass is 19.4.